The second kappa shape index (κ2) is 7.97. The third-order valence-corrected chi connectivity index (χ3v) is 4.65. The van der Waals surface area contributed by atoms with Crippen molar-refractivity contribution in [2.45, 2.75) is 6.54 Å². The van der Waals surface area contributed by atoms with Gasteiger partial charge in [0.25, 0.3) is 5.91 Å². The molecule has 1 aliphatic heterocycles. The number of piperazine rings is 1. The van der Waals surface area contributed by atoms with Crippen molar-refractivity contribution in [3.63, 3.8) is 0 Å². The average Bonchev–Trinajstić information content (AvgIpc) is 2.62. The molecule has 1 aliphatic rings. The second-order valence-corrected chi connectivity index (χ2v) is 6.86. The van der Waals surface area contributed by atoms with Gasteiger partial charge in [0.05, 0.1) is 10.6 Å². The Kier molecular flexibility index (Phi) is 5.68. The molecule has 0 atom stereocenters. The van der Waals surface area contributed by atoms with Gasteiger partial charge in [-0.3, -0.25) is 9.69 Å². The molecule has 0 saturated carbocycles. The predicted octanol–water partition coefficient (Wildman–Crippen LogP) is 2.29. The van der Waals surface area contributed by atoms with Crippen LogP contribution in [0, 0.1) is 5.82 Å². The van der Waals surface area contributed by atoms with Crippen molar-refractivity contribution < 1.29 is 9.18 Å². The van der Waals surface area contributed by atoms with E-state index < -0.39 is 5.82 Å². The lowest BCUT2D eigenvalue weighted by Crippen LogP contribution is -2.48. The lowest BCUT2D eigenvalue weighted by molar-refractivity contribution is 0.0624. The molecule has 0 bridgehead atoms. The number of anilines is 1. The minimum absolute atomic E-state index is 0.0460. The van der Waals surface area contributed by atoms with E-state index in [1.54, 1.807) is 4.90 Å². The van der Waals surface area contributed by atoms with Crippen LogP contribution in [0.25, 0.3) is 0 Å². The van der Waals surface area contributed by atoms with E-state index in [0.717, 1.165) is 12.1 Å². The summed E-state index contributed by atoms with van der Waals surface area (Å²) in [6.45, 7) is 3.18. The van der Waals surface area contributed by atoms with Gasteiger partial charge in [0.1, 0.15) is 5.82 Å². The Morgan fingerprint density at radius 1 is 1.19 bits per heavy atom. The van der Waals surface area contributed by atoms with E-state index in [0.29, 0.717) is 32.1 Å². The van der Waals surface area contributed by atoms with Crippen LogP contribution in [0.15, 0.2) is 30.6 Å². The summed E-state index contributed by atoms with van der Waals surface area (Å²) >= 11 is 6.00. The van der Waals surface area contributed by atoms with Gasteiger partial charge >= 0.3 is 0 Å². The first-order valence-corrected chi connectivity index (χ1v) is 8.77. The van der Waals surface area contributed by atoms with Crippen LogP contribution in [0.1, 0.15) is 15.9 Å². The highest BCUT2D eigenvalue weighted by Crippen LogP contribution is 2.21. The normalized spacial score (nSPS) is 15.2. The van der Waals surface area contributed by atoms with Crippen LogP contribution in [-0.2, 0) is 6.54 Å². The molecule has 2 heterocycles. The molecule has 6 nitrogen and oxygen atoms in total. The summed E-state index contributed by atoms with van der Waals surface area (Å²) in [5.74, 6) is -0.264. The SMILES string of the molecule is CN(C)c1ncc(CN2CCN(C(=O)c3c(F)cccc3Cl)CC2)cn1. The van der Waals surface area contributed by atoms with E-state index in [4.69, 9.17) is 11.6 Å². The molecule has 0 radical (unpaired) electrons. The molecule has 1 saturated heterocycles. The van der Waals surface area contributed by atoms with Crippen LogP contribution >= 0.6 is 11.6 Å². The van der Waals surface area contributed by atoms with E-state index >= 15 is 0 Å². The van der Waals surface area contributed by atoms with E-state index in [1.807, 2.05) is 31.4 Å². The lowest BCUT2D eigenvalue weighted by atomic mass is 10.1. The molecule has 1 aromatic heterocycles. The Balaban J connectivity index is 1.58. The number of hydrogen-bond acceptors (Lipinski definition) is 5. The van der Waals surface area contributed by atoms with Crippen LogP contribution in [-0.4, -0.2) is 65.9 Å². The van der Waals surface area contributed by atoms with Gasteiger partial charge in [0, 0.05) is 64.8 Å². The highest BCUT2D eigenvalue weighted by molar-refractivity contribution is 6.33. The topological polar surface area (TPSA) is 52.6 Å². The molecule has 1 aromatic carbocycles. The third kappa shape index (κ3) is 4.11. The molecule has 0 aliphatic carbocycles. The maximum atomic E-state index is 13.9. The van der Waals surface area contributed by atoms with Gasteiger partial charge < -0.3 is 9.80 Å². The fourth-order valence-corrected chi connectivity index (χ4v) is 3.13. The molecule has 26 heavy (non-hydrogen) atoms. The fraction of sp³-hybridized carbons (Fsp3) is 0.389. The standard InChI is InChI=1S/C18H21ClFN5O/c1-23(2)18-21-10-13(11-22-18)12-24-6-8-25(9-7-24)17(26)16-14(19)4-3-5-15(16)20/h3-5,10-11H,6-9,12H2,1-2H3. The number of aromatic nitrogens is 2. The lowest BCUT2D eigenvalue weighted by Gasteiger charge is -2.34. The fourth-order valence-electron chi connectivity index (χ4n) is 2.89. The van der Waals surface area contributed by atoms with E-state index in [1.165, 1.54) is 18.2 Å². The van der Waals surface area contributed by atoms with E-state index in [-0.39, 0.29) is 16.5 Å². The average molecular weight is 378 g/mol. The quantitative estimate of drug-likeness (QED) is 0.818. The summed E-state index contributed by atoms with van der Waals surface area (Å²) in [5.41, 5.74) is 0.975. The summed E-state index contributed by atoms with van der Waals surface area (Å²) in [6, 6.07) is 4.29. The maximum absolute atomic E-state index is 13.9. The smallest absolute Gasteiger partial charge is 0.258 e. The predicted molar refractivity (Wildman–Crippen MR) is 98.9 cm³/mol. The summed E-state index contributed by atoms with van der Waals surface area (Å²) in [4.78, 5) is 26.9. The number of amides is 1. The zero-order valence-electron chi connectivity index (χ0n) is 14.8. The first kappa shape index (κ1) is 18.5. The summed E-state index contributed by atoms with van der Waals surface area (Å²) in [6.07, 6.45) is 3.64. The Morgan fingerprint density at radius 3 is 2.42 bits per heavy atom. The Morgan fingerprint density at radius 2 is 1.85 bits per heavy atom. The molecule has 0 spiro atoms. The molecular weight excluding hydrogens is 357 g/mol. The molecule has 0 N–H and O–H groups in total. The van der Waals surface area contributed by atoms with Gasteiger partial charge in [0.2, 0.25) is 5.95 Å². The Hall–Kier alpha value is -2.25. The summed E-state index contributed by atoms with van der Waals surface area (Å²) in [7, 11) is 3.79. The number of rotatable bonds is 4. The molecule has 2 aromatic rings. The molecule has 1 fully saturated rings. The van der Waals surface area contributed by atoms with Crippen molar-refractivity contribution in [1.29, 1.82) is 0 Å². The van der Waals surface area contributed by atoms with Crippen LogP contribution in [0.4, 0.5) is 10.3 Å². The minimum atomic E-state index is -0.580. The second-order valence-electron chi connectivity index (χ2n) is 6.45. The van der Waals surface area contributed by atoms with Gasteiger partial charge in [0.15, 0.2) is 0 Å². The van der Waals surface area contributed by atoms with E-state index in [2.05, 4.69) is 14.9 Å². The van der Waals surface area contributed by atoms with Crippen molar-refractivity contribution in [3.8, 4) is 0 Å². The first-order valence-electron chi connectivity index (χ1n) is 8.39. The largest absolute Gasteiger partial charge is 0.347 e. The van der Waals surface area contributed by atoms with Gasteiger partial charge in [-0.25, -0.2) is 14.4 Å². The van der Waals surface area contributed by atoms with Crippen LogP contribution < -0.4 is 4.90 Å². The van der Waals surface area contributed by atoms with Gasteiger partial charge in [-0.15, -0.1) is 0 Å². The molecule has 1 amide bonds. The molecule has 8 heteroatoms. The maximum Gasteiger partial charge on any atom is 0.258 e. The number of benzene rings is 1. The summed E-state index contributed by atoms with van der Waals surface area (Å²) < 4.78 is 13.9. The van der Waals surface area contributed by atoms with Crippen molar-refractivity contribution in [2.75, 3.05) is 45.2 Å². The van der Waals surface area contributed by atoms with Crippen LogP contribution in [0.2, 0.25) is 5.02 Å². The molecular formula is C18H21ClFN5O. The van der Waals surface area contributed by atoms with Crippen molar-refractivity contribution in [1.82, 2.24) is 19.8 Å². The number of carbonyl (C=O) groups excluding carboxylic acids is 1. The zero-order chi connectivity index (χ0) is 18.7. The summed E-state index contributed by atoms with van der Waals surface area (Å²) in [5, 5.41) is 0.149. The molecule has 0 unspecified atom stereocenters. The minimum Gasteiger partial charge on any atom is -0.347 e. The number of carbonyl (C=O) groups is 1. The first-order chi connectivity index (χ1) is 12.5. The molecule has 3 rings (SSSR count). The van der Waals surface area contributed by atoms with Crippen LogP contribution in [0.3, 0.4) is 0 Å². The van der Waals surface area contributed by atoms with Crippen LogP contribution in [0.5, 0.6) is 0 Å². The number of halogens is 2. The Labute approximate surface area is 157 Å². The molecule has 138 valence electrons. The third-order valence-electron chi connectivity index (χ3n) is 4.33. The van der Waals surface area contributed by atoms with Gasteiger partial charge in [-0.2, -0.15) is 0 Å². The number of hydrogen-bond donors (Lipinski definition) is 0. The van der Waals surface area contributed by atoms with Gasteiger partial charge in [-0.05, 0) is 12.1 Å². The van der Waals surface area contributed by atoms with Crippen molar-refractivity contribution in [2.24, 2.45) is 0 Å². The number of nitrogens with zero attached hydrogens (tertiary/aromatic N) is 5. The highest BCUT2D eigenvalue weighted by Gasteiger charge is 2.25. The van der Waals surface area contributed by atoms with Crippen molar-refractivity contribution in [3.05, 3.63) is 52.6 Å². The zero-order valence-corrected chi connectivity index (χ0v) is 15.6. The van der Waals surface area contributed by atoms with Crippen molar-refractivity contribution >= 4 is 23.5 Å². The van der Waals surface area contributed by atoms with Gasteiger partial charge in [-0.1, -0.05) is 17.7 Å². The Bertz CT molecular complexity index is 755. The highest BCUT2D eigenvalue weighted by atomic mass is 35.5. The van der Waals surface area contributed by atoms with E-state index in [9.17, 15) is 9.18 Å². The monoisotopic (exact) mass is 377 g/mol.